The van der Waals surface area contributed by atoms with Crippen LogP contribution in [0.3, 0.4) is 0 Å². The van der Waals surface area contributed by atoms with Crippen molar-refractivity contribution in [2.24, 2.45) is 0 Å². The molecule has 98 valence electrons. The first kappa shape index (κ1) is 13.1. The van der Waals surface area contributed by atoms with E-state index in [-0.39, 0.29) is 5.91 Å². The summed E-state index contributed by atoms with van der Waals surface area (Å²) in [6, 6.07) is 13.1. The fourth-order valence-corrected chi connectivity index (χ4v) is 1.72. The van der Waals surface area contributed by atoms with Crippen molar-refractivity contribution < 1.29 is 9.53 Å². The number of nitrogens with zero attached hydrogens (tertiary/aromatic N) is 1. The third-order valence-electron chi connectivity index (χ3n) is 2.69. The second-order valence-corrected chi connectivity index (χ2v) is 4.13. The largest absolute Gasteiger partial charge is 0.497 e. The van der Waals surface area contributed by atoms with Crippen LogP contribution in [-0.2, 0) is 17.8 Å². The van der Waals surface area contributed by atoms with Gasteiger partial charge in [-0.15, -0.1) is 0 Å². The highest BCUT2D eigenvalue weighted by molar-refractivity contribution is 5.78. The van der Waals surface area contributed by atoms with Gasteiger partial charge < -0.3 is 10.1 Å². The molecule has 0 atom stereocenters. The van der Waals surface area contributed by atoms with Crippen molar-refractivity contribution in [2.75, 3.05) is 7.11 Å². The molecular formula is C15H16N2O2. The molecule has 19 heavy (non-hydrogen) atoms. The molecule has 0 spiro atoms. The number of aromatic nitrogens is 1. The number of amides is 1. The number of hydrogen-bond donors (Lipinski definition) is 1. The number of nitrogens with one attached hydrogen (secondary N) is 1. The van der Waals surface area contributed by atoms with Gasteiger partial charge in [0.2, 0.25) is 5.91 Å². The first-order chi connectivity index (χ1) is 9.28. The lowest BCUT2D eigenvalue weighted by atomic mass is 10.1. The van der Waals surface area contributed by atoms with Crippen molar-refractivity contribution in [1.82, 2.24) is 10.3 Å². The van der Waals surface area contributed by atoms with Crippen molar-refractivity contribution in [3.8, 4) is 5.75 Å². The van der Waals surface area contributed by atoms with Gasteiger partial charge in [-0.1, -0.05) is 18.2 Å². The average Bonchev–Trinajstić information content (AvgIpc) is 2.46. The first-order valence-electron chi connectivity index (χ1n) is 6.07. The Balaban J connectivity index is 1.87. The van der Waals surface area contributed by atoms with Crippen molar-refractivity contribution in [3.05, 3.63) is 59.9 Å². The number of carbonyl (C=O) groups excluding carboxylic acids is 1. The molecule has 1 aromatic heterocycles. The van der Waals surface area contributed by atoms with E-state index < -0.39 is 0 Å². The molecule has 1 heterocycles. The normalized spacial score (nSPS) is 9.95. The minimum atomic E-state index is -0.0288. The topological polar surface area (TPSA) is 51.2 Å². The molecule has 4 heteroatoms. The predicted molar refractivity (Wildman–Crippen MR) is 72.8 cm³/mol. The van der Waals surface area contributed by atoms with E-state index in [0.717, 1.165) is 17.0 Å². The monoisotopic (exact) mass is 256 g/mol. The van der Waals surface area contributed by atoms with E-state index in [1.165, 1.54) is 0 Å². The number of methoxy groups -OCH3 is 1. The zero-order valence-electron chi connectivity index (χ0n) is 10.8. The third kappa shape index (κ3) is 4.10. The maximum absolute atomic E-state index is 11.8. The van der Waals surface area contributed by atoms with E-state index in [9.17, 15) is 4.79 Å². The Morgan fingerprint density at radius 2 is 2.16 bits per heavy atom. The summed E-state index contributed by atoms with van der Waals surface area (Å²) in [6.45, 7) is 0.448. The Hall–Kier alpha value is -2.36. The Morgan fingerprint density at radius 3 is 2.89 bits per heavy atom. The molecule has 2 aromatic rings. The molecular weight excluding hydrogens is 240 g/mol. The molecule has 0 saturated heterocycles. The third-order valence-corrected chi connectivity index (χ3v) is 2.69. The van der Waals surface area contributed by atoms with Crippen LogP contribution >= 0.6 is 0 Å². The van der Waals surface area contributed by atoms with Crippen LogP contribution in [0.25, 0.3) is 0 Å². The van der Waals surface area contributed by atoms with E-state index in [1.54, 1.807) is 13.3 Å². The van der Waals surface area contributed by atoms with Crippen molar-refractivity contribution in [1.29, 1.82) is 0 Å². The molecule has 0 unspecified atom stereocenters. The molecule has 0 aliphatic rings. The highest BCUT2D eigenvalue weighted by Crippen LogP contribution is 2.12. The van der Waals surface area contributed by atoms with E-state index in [2.05, 4.69) is 10.3 Å². The summed E-state index contributed by atoms with van der Waals surface area (Å²) in [5.74, 6) is 0.730. The van der Waals surface area contributed by atoms with Crippen molar-refractivity contribution in [3.63, 3.8) is 0 Å². The Morgan fingerprint density at radius 1 is 1.26 bits per heavy atom. The maximum atomic E-state index is 11.8. The van der Waals surface area contributed by atoms with E-state index in [1.807, 2.05) is 42.5 Å². The highest BCUT2D eigenvalue weighted by Gasteiger charge is 2.04. The molecule has 1 amide bonds. The van der Waals surface area contributed by atoms with Gasteiger partial charge >= 0.3 is 0 Å². The van der Waals surface area contributed by atoms with Crippen molar-refractivity contribution >= 4 is 5.91 Å². The zero-order chi connectivity index (χ0) is 13.5. The lowest BCUT2D eigenvalue weighted by Gasteiger charge is -2.06. The van der Waals surface area contributed by atoms with Crippen LogP contribution in [0.15, 0.2) is 48.7 Å². The highest BCUT2D eigenvalue weighted by atomic mass is 16.5. The SMILES string of the molecule is COc1cccc(CC(=O)NCc2ccccn2)c1. The molecule has 1 aromatic carbocycles. The summed E-state index contributed by atoms with van der Waals surface area (Å²) >= 11 is 0. The molecule has 0 bridgehead atoms. The van der Waals surface area contributed by atoms with Crippen LogP contribution in [0.4, 0.5) is 0 Å². The lowest BCUT2D eigenvalue weighted by Crippen LogP contribution is -2.24. The van der Waals surface area contributed by atoms with Crippen LogP contribution in [0.1, 0.15) is 11.3 Å². The Kier molecular flexibility index (Phi) is 4.50. The summed E-state index contributed by atoms with van der Waals surface area (Å²) in [4.78, 5) is 16.0. The quantitative estimate of drug-likeness (QED) is 0.889. The van der Waals surface area contributed by atoms with Crippen LogP contribution in [0.2, 0.25) is 0 Å². The standard InChI is InChI=1S/C15H16N2O2/c1-19-14-7-4-5-12(9-14)10-15(18)17-11-13-6-2-3-8-16-13/h2-9H,10-11H2,1H3,(H,17,18). The molecule has 0 radical (unpaired) electrons. The van der Waals surface area contributed by atoms with Crippen LogP contribution in [0.5, 0.6) is 5.75 Å². The summed E-state index contributed by atoms with van der Waals surface area (Å²) < 4.78 is 5.12. The molecule has 0 aliphatic carbocycles. The number of carbonyl (C=O) groups is 1. The molecule has 0 aliphatic heterocycles. The van der Waals surface area contributed by atoms with Crippen molar-refractivity contribution in [2.45, 2.75) is 13.0 Å². The molecule has 4 nitrogen and oxygen atoms in total. The van der Waals surface area contributed by atoms with Gasteiger partial charge in [-0.2, -0.15) is 0 Å². The summed E-state index contributed by atoms with van der Waals surface area (Å²) in [5.41, 5.74) is 1.78. The van der Waals surface area contributed by atoms with E-state index >= 15 is 0 Å². The van der Waals surface area contributed by atoms with Gasteiger partial charge in [-0.25, -0.2) is 0 Å². The summed E-state index contributed by atoms with van der Waals surface area (Å²) in [6.07, 6.45) is 2.05. The average molecular weight is 256 g/mol. The molecule has 2 rings (SSSR count). The second kappa shape index (κ2) is 6.54. The zero-order valence-corrected chi connectivity index (χ0v) is 10.8. The second-order valence-electron chi connectivity index (χ2n) is 4.13. The van der Waals surface area contributed by atoms with Gasteiger partial charge in [-0.3, -0.25) is 9.78 Å². The van der Waals surface area contributed by atoms with Gasteiger partial charge in [0.1, 0.15) is 5.75 Å². The van der Waals surface area contributed by atoms with E-state index in [4.69, 9.17) is 4.74 Å². The number of ether oxygens (including phenoxy) is 1. The molecule has 1 N–H and O–H groups in total. The van der Waals surface area contributed by atoms with Crippen LogP contribution < -0.4 is 10.1 Å². The summed E-state index contributed by atoms with van der Waals surface area (Å²) in [5, 5.41) is 2.84. The van der Waals surface area contributed by atoms with Crippen LogP contribution in [-0.4, -0.2) is 18.0 Å². The molecule has 0 fully saturated rings. The van der Waals surface area contributed by atoms with E-state index in [0.29, 0.717) is 13.0 Å². The minimum absolute atomic E-state index is 0.0288. The molecule has 0 saturated carbocycles. The fraction of sp³-hybridized carbons (Fsp3) is 0.200. The lowest BCUT2D eigenvalue weighted by molar-refractivity contribution is -0.120. The number of hydrogen-bond acceptors (Lipinski definition) is 3. The maximum Gasteiger partial charge on any atom is 0.224 e. The number of benzene rings is 1. The Labute approximate surface area is 112 Å². The smallest absolute Gasteiger partial charge is 0.224 e. The predicted octanol–water partition coefficient (Wildman–Crippen LogP) is 1.95. The first-order valence-corrected chi connectivity index (χ1v) is 6.07. The minimum Gasteiger partial charge on any atom is -0.497 e. The number of rotatable bonds is 5. The van der Waals surface area contributed by atoms with Gasteiger partial charge in [0.05, 0.1) is 25.8 Å². The Bertz CT molecular complexity index is 541. The van der Waals surface area contributed by atoms with Gasteiger partial charge in [0, 0.05) is 6.20 Å². The summed E-state index contributed by atoms with van der Waals surface area (Å²) in [7, 11) is 1.61. The van der Waals surface area contributed by atoms with Gasteiger partial charge in [-0.05, 0) is 29.8 Å². The van der Waals surface area contributed by atoms with Crippen LogP contribution in [0, 0.1) is 0 Å². The van der Waals surface area contributed by atoms with Gasteiger partial charge in [0.25, 0.3) is 0 Å². The number of pyridine rings is 1. The van der Waals surface area contributed by atoms with Gasteiger partial charge in [0.15, 0.2) is 0 Å². The fourth-order valence-electron chi connectivity index (χ4n) is 1.72.